The van der Waals surface area contributed by atoms with Gasteiger partial charge in [0, 0.05) is 35.2 Å². The lowest BCUT2D eigenvalue weighted by atomic mass is 10.1. The van der Waals surface area contributed by atoms with Crippen LogP contribution in [0, 0.1) is 5.82 Å². The zero-order chi connectivity index (χ0) is 21.1. The molecule has 2 amide bonds. The third-order valence-corrected chi connectivity index (χ3v) is 6.30. The largest absolute Gasteiger partial charge is 0.339 e. The van der Waals surface area contributed by atoms with Crippen molar-refractivity contribution in [3.8, 4) is 0 Å². The van der Waals surface area contributed by atoms with E-state index < -0.39 is 0 Å². The molecule has 154 valence electrons. The van der Waals surface area contributed by atoms with Gasteiger partial charge in [0.05, 0.1) is 11.2 Å². The molecule has 2 aromatic carbocycles. The topological polar surface area (TPSA) is 62.3 Å². The minimum Gasteiger partial charge on any atom is -0.339 e. The minimum atomic E-state index is -0.283. The molecule has 1 saturated heterocycles. The number of carbonyl (C=O) groups excluding carboxylic acids is 2. The number of anilines is 1. The molecular weight excluding hydrogens is 469 g/mol. The summed E-state index contributed by atoms with van der Waals surface area (Å²) in [7, 11) is 0. The van der Waals surface area contributed by atoms with Crippen molar-refractivity contribution in [1.82, 2.24) is 9.88 Å². The van der Waals surface area contributed by atoms with Crippen LogP contribution in [0.3, 0.4) is 0 Å². The van der Waals surface area contributed by atoms with Crippen LogP contribution >= 0.6 is 27.3 Å². The Morgan fingerprint density at radius 1 is 1.13 bits per heavy atom. The van der Waals surface area contributed by atoms with Crippen LogP contribution in [0.1, 0.15) is 43.4 Å². The summed E-state index contributed by atoms with van der Waals surface area (Å²) < 4.78 is 13.8. The minimum absolute atomic E-state index is 0.0244. The molecule has 0 atom stereocenters. The molecular formula is C22H19BrFN3O2S. The molecule has 1 N–H and O–H groups in total. The molecule has 8 heteroatoms. The number of rotatable bonds is 5. The van der Waals surface area contributed by atoms with Crippen LogP contribution in [0.4, 0.5) is 10.1 Å². The maximum atomic E-state index is 13.0. The van der Waals surface area contributed by atoms with E-state index in [1.165, 1.54) is 29.7 Å². The van der Waals surface area contributed by atoms with Gasteiger partial charge in [0.1, 0.15) is 10.7 Å². The molecule has 0 unspecified atom stereocenters. The number of thiazole rings is 1. The predicted octanol–water partition coefficient (Wildman–Crippen LogP) is 5.12. The van der Waals surface area contributed by atoms with Crippen molar-refractivity contribution in [2.75, 3.05) is 18.4 Å². The van der Waals surface area contributed by atoms with E-state index in [-0.39, 0.29) is 17.6 Å². The number of carbonyl (C=O) groups is 2. The van der Waals surface area contributed by atoms with Gasteiger partial charge in [-0.2, -0.15) is 0 Å². The molecule has 1 aliphatic heterocycles. The number of halogens is 2. The number of nitrogens with zero attached hydrogens (tertiary/aromatic N) is 2. The van der Waals surface area contributed by atoms with Gasteiger partial charge in [0.2, 0.25) is 0 Å². The standard InChI is InChI=1S/C22H19BrFN3O2S/c23-16-10-15(22(29)27-7-1-2-8-27)11-18(12-16)26-21(28)19-13-25-20(30-19)9-14-3-5-17(24)6-4-14/h3-6,10-13H,1-2,7-9H2,(H,26,28). The Hall–Kier alpha value is -2.58. The molecule has 30 heavy (non-hydrogen) atoms. The molecule has 1 aromatic heterocycles. The highest BCUT2D eigenvalue weighted by Crippen LogP contribution is 2.24. The highest BCUT2D eigenvalue weighted by Gasteiger charge is 2.20. The molecule has 2 heterocycles. The van der Waals surface area contributed by atoms with Gasteiger partial charge in [-0.1, -0.05) is 28.1 Å². The summed E-state index contributed by atoms with van der Waals surface area (Å²) in [6, 6.07) is 11.5. The number of nitrogens with one attached hydrogen (secondary N) is 1. The van der Waals surface area contributed by atoms with E-state index in [1.807, 2.05) is 4.90 Å². The van der Waals surface area contributed by atoms with E-state index >= 15 is 0 Å². The van der Waals surface area contributed by atoms with Crippen molar-refractivity contribution in [3.05, 3.63) is 80.0 Å². The summed E-state index contributed by atoms with van der Waals surface area (Å²) in [5.41, 5.74) is 2.02. The fourth-order valence-corrected chi connectivity index (χ4v) is 4.70. The van der Waals surface area contributed by atoms with Crippen molar-refractivity contribution in [1.29, 1.82) is 0 Å². The summed E-state index contributed by atoms with van der Waals surface area (Å²) >= 11 is 4.71. The average molecular weight is 488 g/mol. The predicted molar refractivity (Wildman–Crippen MR) is 119 cm³/mol. The lowest BCUT2D eigenvalue weighted by molar-refractivity contribution is 0.0792. The van der Waals surface area contributed by atoms with Crippen LogP contribution in [-0.2, 0) is 6.42 Å². The molecule has 3 aromatic rings. The van der Waals surface area contributed by atoms with Crippen LogP contribution < -0.4 is 5.32 Å². The first kappa shape index (κ1) is 20.7. The SMILES string of the molecule is O=C(Nc1cc(Br)cc(C(=O)N2CCCC2)c1)c1cnc(Cc2ccc(F)cc2)s1. The van der Waals surface area contributed by atoms with Crippen molar-refractivity contribution >= 4 is 44.8 Å². The number of likely N-dealkylation sites (tertiary alicyclic amines) is 1. The van der Waals surface area contributed by atoms with E-state index in [0.29, 0.717) is 22.5 Å². The normalized spacial score (nSPS) is 13.5. The van der Waals surface area contributed by atoms with E-state index in [1.54, 1.807) is 30.3 Å². The number of aromatic nitrogens is 1. The molecule has 0 spiro atoms. The highest BCUT2D eigenvalue weighted by molar-refractivity contribution is 9.10. The van der Waals surface area contributed by atoms with Crippen LogP contribution in [0.25, 0.3) is 0 Å². The van der Waals surface area contributed by atoms with Gasteiger partial charge in [-0.25, -0.2) is 9.37 Å². The lowest BCUT2D eigenvalue weighted by Crippen LogP contribution is -2.27. The van der Waals surface area contributed by atoms with Crippen LogP contribution in [-0.4, -0.2) is 34.8 Å². The van der Waals surface area contributed by atoms with Gasteiger partial charge >= 0.3 is 0 Å². The monoisotopic (exact) mass is 487 g/mol. The molecule has 0 radical (unpaired) electrons. The molecule has 1 aliphatic rings. The Labute approximate surface area is 186 Å². The lowest BCUT2D eigenvalue weighted by Gasteiger charge is -2.16. The fourth-order valence-electron chi connectivity index (χ4n) is 3.35. The molecule has 0 saturated carbocycles. The Morgan fingerprint density at radius 2 is 1.87 bits per heavy atom. The van der Waals surface area contributed by atoms with E-state index in [4.69, 9.17) is 0 Å². The second-order valence-electron chi connectivity index (χ2n) is 7.10. The van der Waals surface area contributed by atoms with Gasteiger partial charge in [-0.05, 0) is 48.7 Å². The summed E-state index contributed by atoms with van der Waals surface area (Å²) in [5.74, 6) is -0.589. The average Bonchev–Trinajstić information content (AvgIpc) is 3.41. The molecule has 0 bridgehead atoms. The Bertz CT molecular complexity index is 1080. The van der Waals surface area contributed by atoms with Crippen molar-refractivity contribution in [2.24, 2.45) is 0 Å². The van der Waals surface area contributed by atoms with E-state index in [2.05, 4.69) is 26.2 Å². The fraction of sp³-hybridized carbons (Fsp3) is 0.227. The van der Waals surface area contributed by atoms with Gasteiger partial charge < -0.3 is 10.2 Å². The van der Waals surface area contributed by atoms with Crippen LogP contribution in [0.5, 0.6) is 0 Å². The summed E-state index contributed by atoms with van der Waals surface area (Å²) in [6.45, 7) is 1.54. The second kappa shape index (κ2) is 9.06. The van der Waals surface area contributed by atoms with E-state index in [9.17, 15) is 14.0 Å². The number of hydrogen-bond donors (Lipinski definition) is 1. The molecule has 5 nitrogen and oxygen atoms in total. The quantitative estimate of drug-likeness (QED) is 0.542. The number of benzene rings is 2. The van der Waals surface area contributed by atoms with Gasteiger partial charge in [0.15, 0.2) is 0 Å². The second-order valence-corrected chi connectivity index (χ2v) is 9.13. The zero-order valence-electron chi connectivity index (χ0n) is 16.0. The van der Waals surface area contributed by atoms with Crippen LogP contribution in [0.15, 0.2) is 53.1 Å². The summed E-state index contributed by atoms with van der Waals surface area (Å²) in [5, 5.41) is 3.62. The summed E-state index contributed by atoms with van der Waals surface area (Å²) in [4.78, 5) is 31.9. The maximum Gasteiger partial charge on any atom is 0.267 e. The summed E-state index contributed by atoms with van der Waals surface area (Å²) in [6.07, 6.45) is 4.11. The van der Waals surface area contributed by atoms with Gasteiger partial charge in [0.25, 0.3) is 11.8 Å². The Morgan fingerprint density at radius 3 is 2.60 bits per heavy atom. The van der Waals surface area contributed by atoms with Crippen molar-refractivity contribution < 1.29 is 14.0 Å². The first-order valence-electron chi connectivity index (χ1n) is 9.58. The molecule has 4 rings (SSSR count). The smallest absolute Gasteiger partial charge is 0.267 e. The van der Waals surface area contributed by atoms with E-state index in [0.717, 1.165) is 41.0 Å². The van der Waals surface area contributed by atoms with Crippen molar-refractivity contribution in [2.45, 2.75) is 19.3 Å². The highest BCUT2D eigenvalue weighted by atomic mass is 79.9. The number of hydrogen-bond acceptors (Lipinski definition) is 4. The Kier molecular flexibility index (Phi) is 6.24. The molecule has 0 aliphatic carbocycles. The third kappa shape index (κ3) is 4.94. The maximum absolute atomic E-state index is 13.0. The van der Waals surface area contributed by atoms with Gasteiger partial charge in [-0.3, -0.25) is 9.59 Å². The van der Waals surface area contributed by atoms with Crippen molar-refractivity contribution in [3.63, 3.8) is 0 Å². The number of amides is 2. The first-order valence-corrected chi connectivity index (χ1v) is 11.2. The van der Waals surface area contributed by atoms with Gasteiger partial charge in [-0.15, -0.1) is 11.3 Å². The molecule has 1 fully saturated rings. The Balaban J connectivity index is 1.45. The first-order chi connectivity index (χ1) is 14.5. The zero-order valence-corrected chi connectivity index (χ0v) is 18.4. The van der Waals surface area contributed by atoms with Crippen LogP contribution in [0.2, 0.25) is 0 Å². The third-order valence-electron chi connectivity index (χ3n) is 4.84.